The Morgan fingerprint density at radius 1 is 1.10 bits per heavy atom. The van der Waals surface area contributed by atoms with Crippen molar-refractivity contribution in [1.29, 1.82) is 0 Å². The van der Waals surface area contributed by atoms with Crippen molar-refractivity contribution < 1.29 is 18.8 Å². The van der Waals surface area contributed by atoms with Crippen molar-refractivity contribution in [3.8, 4) is 17.1 Å². The van der Waals surface area contributed by atoms with E-state index in [2.05, 4.69) is 41.4 Å². The molecule has 40 heavy (non-hydrogen) atoms. The maximum Gasteiger partial charge on any atom is 0.242 e. The predicted octanol–water partition coefficient (Wildman–Crippen LogP) is 4.35. The van der Waals surface area contributed by atoms with Gasteiger partial charge in [-0.3, -0.25) is 9.59 Å². The highest BCUT2D eigenvalue weighted by Crippen LogP contribution is 2.30. The summed E-state index contributed by atoms with van der Waals surface area (Å²) in [4.78, 5) is 34.7. The van der Waals surface area contributed by atoms with Crippen LogP contribution in [0, 0.1) is 19.8 Å². The van der Waals surface area contributed by atoms with Crippen molar-refractivity contribution >= 4 is 17.5 Å². The van der Waals surface area contributed by atoms with Crippen LogP contribution in [0.3, 0.4) is 0 Å². The highest BCUT2D eigenvalue weighted by atomic mass is 16.5. The molecular weight excluding hydrogens is 506 g/mol. The van der Waals surface area contributed by atoms with E-state index in [0.717, 1.165) is 48.2 Å². The minimum atomic E-state index is -0.111. The SMILES string of the molecule is COc1ccc2c(c1)CC(N(C)C(=O)CN(CC(=O)NCCCC(C)C)c1cc(-c3noc(C)n3)ccc1C)C2. The molecule has 0 bridgehead atoms. The van der Waals surface area contributed by atoms with Gasteiger partial charge in [-0.05, 0) is 73.4 Å². The first kappa shape index (κ1) is 29.1. The molecule has 0 saturated carbocycles. The Hall–Kier alpha value is -3.88. The number of fused-ring (bicyclic) bond motifs is 1. The number of benzene rings is 2. The molecule has 214 valence electrons. The van der Waals surface area contributed by atoms with Crippen LogP contribution in [-0.2, 0) is 22.4 Å². The molecular formula is C31H41N5O4. The van der Waals surface area contributed by atoms with Gasteiger partial charge < -0.3 is 24.4 Å². The number of methoxy groups -OCH3 is 1. The number of hydrogen-bond acceptors (Lipinski definition) is 7. The monoisotopic (exact) mass is 547 g/mol. The predicted molar refractivity (Wildman–Crippen MR) is 155 cm³/mol. The number of ether oxygens (including phenoxy) is 1. The van der Waals surface area contributed by atoms with Gasteiger partial charge in [-0.15, -0.1) is 0 Å². The molecule has 0 saturated heterocycles. The van der Waals surface area contributed by atoms with Gasteiger partial charge in [0.1, 0.15) is 5.75 Å². The summed E-state index contributed by atoms with van der Waals surface area (Å²) in [6.45, 7) is 8.82. The van der Waals surface area contributed by atoms with Crippen LogP contribution >= 0.6 is 0 Å². The van der Waals surface area contributed by atoms with Crippen molar-refractivity contribution in [2.75, 3.05) is 38.7 Å². The lowest BCUT2D eigenvalue weighted by Gasteiger charge is -2.30. The van der Waals surface area contributed by atoms with Crippen LogP contribution in [0.2, 0.25) is 0 Å². The van der Waals surface area contributed by atoms with Gasteiger partial charge in [0.2, 0.25) is 23.5 Å². The zero-order valence-corrected chi connectivity index (χ0v) is 24.5. The third-order valence-corrected chi connectivity index (χ3v) is 7.54. The number of anilines is 1. The molecule has 1 atom stereocenters. The average Bonchev–Trinajstić information content (AvgIpc) is 3.56. The van der Waals surface area contributed by atoms with Gasteiger partial charge in [0.15, 0.2) is 0 Å². The second-order valence-electron chi connectivity index (χ2n) is 11.1. The van der Waals surface area contributed by atoms with Crippen molar-refractivity contribution in [2.24, 2.45) is 5.92 Å². The number of likely N-dealkylation sites (N-methyl/N-ethyl adjacent to an activating group) is 1. The molecule has 3 aromatic rings. The Morgan fingerprint density at radius 3 is 2.58 bits per heavy atom. The van der Waals surface area contributed by atoms with E-state index in [1.54, 1.807) is 14.0 Å². The van der Waals surface area contributed by atoms with E-state index in [4.69, 9.17) is 9.26 Å². The zero-order chi connectivity index (χ0) is 28.8. The maximum atomic E-state index is 13.7. The van der Waals surface area contributed by atoms with Gasteiger partial charge in [0.25, 0.3) is 0 Å². The van der Waals surface area contributed by atoms with E-state index in [9.17, 15) is 9.59 Å². The highest BCUT2D eigenvalue weighted by Gasteiger charge is 2.29. The van der Waals surface area contributed by atoms with Crippen molar-refractivity contribution in [3.05, 3.63) is 59.0 Å². The number of aromatic nitrogens is 2. The summed E-state index contributed by atoms with van der Waals surface area (Å²) in [6, 6.07) is 12.0. The third-order valence-electron chi connectivity index (χ3n) is 7.54. The van der Waals surface area contributed by atoms with Crippen LogP contribution in [0.15, 0.2) is 40.9 Å². The largest absolute Gasteiger partial charge is 0.497 e. The first-order chi connectivity index (χ1) is 19.1. The molecule has 4 rings (SSSR count). The van der Waals surface area contributed by atoms with Gasteiger partial charge in [-0.25, -0.2) is 0 Å². The number of carbonyl (C=O) groups excluding carboxylic acids is 2. The van der Waals surface area contributed by atoms with Crippen LogP contribution in [-0.4, -0.2) is 66.7 Å². The summed E-state index contributed by atoms with van der Waals surface area (Å²) >= 11 is 0. The Morgan fingerprint density at radius 2 is 1.88 bits per heavy atom. The molecule has 0 fully saturated rings. The molecule has 9 heteroatoms. The number of rotatable bonds is 12. The topological polar surface area (TPSA) is 101 Å². The number of nitrogens with one attached hydrogen (secondary N) is 1. The van der Waals surface area contributed by atoms with Crippen molar-refractivity contribution in [3.63, 3.8) is 0 Å². The maximum absolute atomic E-state index is 13.7. The molecule has 2 aromatic carbocycles. The number of carbonyl (C=O) groups is 2. The van der Waals surface area contributed by atoms with Crippen LogP contribution in [0.1, 0.15) is 49.3 Å². The quantitative estimate of drug-likeness (QED) is 0.337. The first-order valence-corrected chi connectivity index (χ1v) is 14.0. The fourth-order valence-corrected chi connectivity index (χ4v) is 5.15. The summed E-state index contributed by atoms with van der Waals surface area (Å²) in [5.41, 5.74) is 4.95. The van der Waals surface area contributed by atoms with Gasteiger partial charge in [0, 0.05) is 37.8 Å². The smallest absolute Gasteiger partial charge is 0.242 e. The van der Waals surface area contributed by atoms with E-state index in [1.165, 1.54) is 11.1 Å². The molecule has 9 nitrogen and oxygen atoms in total. The Bertz CT molecular complexity index is 1340. The van der Waals surface area contributed by atoms with Crippen LogP contribution in [0.5, 0.6) is 5.75 Å². The minimum Gasteiger partial charge on any atom is -0.497 e. The summed E-state index contributed by atoms with van der Waals surface area (Å²) in [5.74, 6) is 2.20. The molecule has 1 heterocycles. The van der Waals surface area contributed by atoms with E-state index in [1.807, 2.05) is 48.0 Å². The molecule has 1 aromatic heterocycles. The fraction of sp³-hybridized carbons (Fsp3) is 0.484. The van der Waals surface area contributed by atoms with E-state index in [0.29, 0.717) is 24.2 Å². The molecule has 1 aliphatic carbocycles. The molecule has 1 aliphatic rings. The normalized spacial score (nSPS) is 14.2. The minimum absolute atomic E-state index is 0.0439. The number of amides is 2. The second-order valence-corrected chi connectivity index (χ2v) is 11.1. The van der Waals surface area contributed by atoms with Gasteiger partial charge in [-0.2, -0.15) is 4.98 Å². The van der Waals surface area contributed by atoms with E-state index < -0.39 is 0 Å². The lowest BCUT2D eigenvalue weighted by Crippen LogP contribution is -2.47. The standard InChI is InChI=1S/C31H41N5O4/c1-20(2)8-7-13-32-29(37)18-36(28-17-24(10-9-21(28)3)31-33-22(4)40-34-31)19-30(38)35(5)26-14-23-11-12-27(39-6)16-25(23)15-26/h9-12,16-17,20,26H,7-8,13-15,18-19H2,1-6H3,(H,32,37). The Kier molecular flexibility index (Phi) is 9.45. The Balaban J connectivity index is 1.52. The average molecular weight is 548 g/mol. The molecule has 2 amide bonds. The fourth-order valence-electron chi connectivity index (χ4n) is 5.15. The van der Waals surface area contributed by atoms with Crippen molar-refractivity contribution in [2.45, 2.75) is 59.4 Å². The van der Waals surface area contributed by atoms with Gasteiger partial charge >= 0.3 is 0 Å². The number of aryl methyl sites for hydroxylation is 2. The first-order valence-electron chi connectivity index (χ1n) is 14.0. The summed E-state index contributed by atoms with van der Waals surface area (Å²) in [5, 5.41) is 7.08. The summed E-state index contributed by atoms with van der Waals surface area (Å²) < 4.78 is 10.6. The molecule has 0 aliphatic heterocycles. The number of hydrogen-bond donors (Lipinski definition) is 1. The number of nitrogens with zero attached hydrogens (tertiary/aromatic N) is 4. The molecule has 1 unspecified atom stereocenters. The van der Waals surface area contributed by atoms with E-state index >= 15 is 0 Å². The molecule has 0 spiro atoms. The third kappa shape index (κ3) is 7.20. The lowest BCUT2D eigenvalue weighted by atomic mass is 10.1. The zero-order valence-electron chi connectivity index (χ0n) is 24.5. The van der Waals surface area contributed by atoms with Crippen LogP contribution in [0.4, 0.5) is 5.69 Å². The highest BCUT2D eigenvalue weighted by molar-refractivity contribution is 5.87. The molecule has 0 radical (unpaired) electrons. The molecule has 1 N–H and O–H groups in total. The Labute approximate surface area is 236 Å². The van der Waals surface area contributed by atoms with Gasteiger partial charge in [-0.1, -0.05) is 37.2 Å². The van der Waals surface area contributed by atoms with Crippen LogP contribution in [0.25, 0.3) is 11.4 Å². The summed E-state index contributed by atoms with van der Waals surface area (Å²) in [7, 11) is 3.52. The second kappa shape index (κ2) is 13.0. The lowest BCUT2D eigenvalue weighted by molar-refractivity contribution is -0.130. The summed E-state index contributed by atoms with van der Waals surface area (Å²) in [6.07, 6.45) is 3.54. The van der Waals surface area contributed by atoms with Crippen LogP contribution < -0.4 is 15.0 Å². The van der Waals surface area contributed by atoms with Gasteiger partial charge in [0.05, 0.1) is 20.2 Å². The van der Waals surface area contributed by atoms with E-state index in [-0.39, 0.29) is 30.9 Å². The van der Waals surface area contributed by atoms with Crippen molar-refractivity contribution in [1.82, 2.24) is 20.4 Å².